The van der Waals surface area contributed by atoms with Gasteiger partial charge in [-0.05, 0) is 31.0 Å². The Balaban J connectivity index is 2.13. The van der Waals surface area contributed by atoms with Gasteiger partial charge in [-0.1, -0.05) is 49.7 Å². The zero-order valence-corrected chi connectivity index (χ0v) is 13.4. The van der Waals surface area contributed by atoms with E-state index in [1.165, 1.54) is 11.1 Å². The van der Waals surface area contributed by atoms with Crippen molar-refractivity contribution < 1.29 is 14.3 Å². The fraction of sp³-hybridized carbons (Fsp3) is 0.316. The number of ether oxygens (including phenoxy) is 2. The molecule has 2 aromatic carbocycles. The number of hydrogen-bond acceptors (Lipinski definition) is 3. The Bertz CT molecular complexity index is 647. The number of hydrogen-bond donors (Lipinski definition) is 0. The second-order valence-electron chi connectivity index (χ2n) is 5.19. The van der Waals surface area contributed by atoms with Gasteiger partial charge in [0.2, 0.25) is 0 Å². The van der Waals surface area contributed by atoms with Crippen LogP contribution in [0.5, 0.6) is 11.5 Å². The number of aryl methyl sites for hydroxylation is 2. The van der Waals surface area contributed by atoms with Gasteiger partial charge in [-0.3, -0.25) is 4.79 Å². The highest BCUT2D eigenvalue weighted by Crippen LogP contribution is 2.24. The first kappa shape index (κ1) is 16.1. The van der Waals surface area contributed by atoms with Crippen molar-refractivity contribution in [1.82, 2.24) is 0 Å². The highest BCUT2D eigenvalue weighted by atomic mass is 16.5. The molecule has 22 heavy (non-hydrogen) atoms. The summed E-state index contributed by atoms with van der Waals surface area (Å²) >= 11 is 0. The van der Waals surface area contributed by atoms with Crippen LogP contribution in [0.4, 0.5) is 0 Å². The largest absolute Gasteiger partial charge is 0.488 e. The van der Waals surface area contributed by atoms with Crippen molar-refractivity contribution >= 4 is 5.97 Å². The summed E-state index contributed by atoms with van der Waals surface area (Å²) in [6.45, 7) is 6.34. The van der Waals surface area contributed by atoms with Crippen LogP contribution < -0.4 is 9.47 Å². The van der Waals surface area contributed by atoms with Crippen molar-refractivity contribution in [2.24, 2.45) is 0 Å². The number of para-hydroxylation sites is 1. The summed E-state index contributed by atoms with van der Waals surface area (Å²) in [5.74, 6) is 1.21. The first-order valence-electron chi connectivity index (χ1n) is 7.65. The average Bonchev–Trinajstić information content (AvgIpc) is 2.54. The molecule has 0 aliphatic heterocycles. The lowest BCUT2D eigenvalue weighted by Crippen LogP contribution is -2.08. The summed E-state index contributed by atoms with van der Waals surface area (Å²) in [6, 6.07) is 13.6. The van der Waals surface area contributed by atoms with Gasteiger partial charge in [0.05, 0.1) is 0 Å². The average molecular weight is 298 g/mol. The maximum Gasteiger partial charge on any atom is 0.310 e. The Kier molecular flexibility index (Phi) is 5.59. The van der Waals surface area contributed by atoms with Crippen molar-refractivity contribution in [2.75, 3.05) is 0 Å². The van der Waals surface area contributed by atoms with Gasteiger partial charge in [0.25, 0.3) is 0 Å². The van der Waals surface area contributed by atoms with Crippen molar-refractivity contribution in [3.63, 3.8) is 0 Å². The van der Waals surface area contributed by atoms with Crippen LogP contribution in [0.3, 0.4) is 0 Å². The van der Waals surface area contributed by atoms with E-state index in [1.807, 2.05) is 30.3 Å². The Labute approximate surface area is 131 Å². The predicted octanol–water partition coefficient (Wildman–Crippen LogP) is 4.45. The van der Waals surface area contributed by atoms with Crippen molar-refractivity contribution in [3.8, 4) is 11.5 Å². The van der Waals surface area contributed by atoms with Gasteiger partial charge < -0.3 is 9.47 Å². The highest BCUT2D eigenvalue weighted by Gasteiger charge is 2.09. The van der Waals surface area contributed by atoms with Crippen molar-refractivity contribution in [2.45, 2.75) is 40.2 Å². The molecule has 3 nitrogen and oxygen atoms in total. The summed E-state index contributed by atoms with van der Waals surface area (Å²) in [4.78, 5) is 11.5. The molecular formula is C19H22O3. The van der Waals surface area contributed by atoms with Gasteiger partial charge in [-0.2, -0.15) is 0 Å². The number of carbonyl (C=O) groups is 1. The van der Waals surface area contributed by atoms with Crippen LogP contribution in [0.2, 0.25) is 0 Å². The molecule has 0 heterocycles. The molecule has 0 atom stereocenters. The molecule has 0 spiro atoms. The number of rotatable bonds is 6. The lowest BCUT2D eigenvalue weighted by atomic mass is 10.1. The molecule has 0 N–H and O–H groups in total. The normalized spacial score (nSPS) is 10.3. The second kappa shape index (κ2) is 7.64. The minimum atomic E-state index is -0.239. The molecule has 0 aromatic heterocycles. The Morgan fingerprint density at radius 1 is 1.00 bits per heavy atom. The lowest BCUT2D eigenvalue weighted by molar-refractivity contribution is -0.134. The molecule has 0 bridgehead atoms. The Hall–Kier alpha value is -2.29. The molecule has 116 valence electrons. The zero-order valence-electron chi connectivity index (χ0n) is 13.4. The molecule has 0 saturated carbocycles. The smallest absolute Gasteiger partial charge is 0.310 e. The number of esters is 1. The first-order chi connectivity index (χ1) is 10.6. The van der Waals surface area contributed by atoms with Gasteiger partial charge in [0, 0.05) is 12.0 Å². The number of benzene rings is 2. The summed E-state index contributed by atoms with van der Waals surface area (Å²) in [7, 11) is 0. The molecule has 0 saturated heterocycles. The van der Waals surface area contributed by atoms with E-state index < -0.39 is 0 Å². The van der Waals surface area contributed by atoms with Crippen LogP contribution in [-0.2, 0) is 17.8 Å². The topological polar surface area (TPSA) is 35.5 Å². The van der Waals surface area contributed by atoms with E-state index in [2.05, 4.69) is 19.9 Å². The summed E-state index contributed by atoms with van der Waals surface area (Å²) in [6.07, 6.45) is 1.27. The predicted molar refractivity (Wildman–Crippen MR) is 87.3 cm³/mol. The SMILES string of the molecule is CCC(=O)Oc1ccccc1COc1ccc(C)cc1CC. The van der Waals surface area contributed by atoms with E-state index >= 15 is 0 Å². The first-order valence-corrected chi connectivity index (χ1v) is 7.65. The van der Waals surface area contributed by atoms with Crippen molar-refractivity contribution in [1.29, 1.82) is 0 Å². The Morgan fingerprint density at radius 2 is 1.77 bits per heavy atom. The zero-order chi connectivity index (χ0) is 15.9. The minimum Gasteiger partial charge on any atom is -0.488 e. The third-order valence-electron chi connectivity index (χ3n) is 3.47. The van der Waals surface area contributed by atoms with Gasteiger partial charge in [-0.15, -0.1) is 0 Å². The number of carbonyl (C=O) groups excluding carboxylic acids is 1. The maximum atomic E-state index is 11.5. The standard InChI is InChI=1S/C19H22O3/c1-4-15-12-14(3)10-11-17(15)21-13-16-8-6-7-9-18(16)22-19(20)5-2/h6-12H,4-5,13H2,1-3H3. The van der Waals surface area contributed by atoms with Gasteiger partial charge in [0.15, 0.2) is 0 Å². The lowest BCUT2D eigenvalue weighted by Gasteiger charge is -2.13. The third kappa shape index (κ3) is 4.10. The summed E-state index contributed by atoms with van der Waals surface area (Å²) in [5.41, 5.74) is 3.27. The van der Waals surface area contributed by atoms with Gasteiger partial charge >= 0.3 is 5.97 Å². The van der Waals surface area contributed by atoms with E-state index in [9.17, 15) is 4.79 Å². The van der Waals surface area contributed by atoms with E-state index in [-0.39, 0.29) is 5.97 Å². The second-order valence-corrected chi connectivity index (χ2v) is 5.19. The molecule has 0 aliphatic carbocycles. The molecule has 0 radical (unpaired) electrons. The Morgan fingerprint density at radius 3 is 2.50 bits per heavy atom. The van der Waals surface area contributed by atoms with Crippen LogP contribution in [0, 0.1) is 6.92 Å². The van der Waals surface area contributed by atoms with Crippen LogP contribution in [0.1, 0.15) is 37.0 Å². The summed E-state index contributed by atoms with van der Waals surface area (Å²) < 4.78 is 11.3. The molecule has 0 aliphatic rings. The van der Waals surface area contributed by atoms with Crippen LogP contribution >= 0.6 is 0 Å². The van der Waals surface area contributed by atoms with Gasteiger partial charge in [0.1, 0.15) is 18.1 Å². The van der Waals surface area contributed by atoms with Crippen LogP contribution in [-0.4, -0.2) is 5.97 Å². The van der Waals surface area contributed by atoms with E-state index in [0.29, 0.717) is 18.8 Å². The monoisotopic (exact) mass is 298 g/mol. The molecule has 0 fully saturated rings. The summed E-state index contributed by atoms with van der Waals surface area (Å²) in [5, 5.41) is 0. The molecule has 2 aromatic rings. The highest BCUT2D eigenvalue weighted by molar-refractivity contribution is 5.72. The van der Waals surface area contributed by atoms with Gasteiger partial charge in [-0.25, -0.2) is 0 Å². The van der Waals surface area contributed by atoms with E-state index in [4.69, 9.17) is 9.47 Å². The minimum absolute atomic E-state index is 0.239. The van der Waals surface area contributed by atoms with E-state index in [1.54, 1.807) is 13.0 Å². The van der Waals surface area contributed by atoms with Crippen LogP contribution in [0.25, 0.3) is 0 Å². The quantitative estimate of drug-likeness (QED) is 0.584. The van der Waals surface area contributed by atoms with Crippen LogP contribution in [0.15, 0.2) is 42.5 Å². The maximum absolute atomic E-state index is 11.5. The molecule has 2 rings (SSSR count). The fourth-order valence-electron chi connectivity index (χ4n) is 2.20. The molecule has 0 unspecified atom stereocenters. The van der Waals surface area contributed by atoms with E-state index in [0.717, 1.165) is 17.7 Å². The third-order valence-corrected chi connectivity index (χ3v) is 3.47. The molecule has 3 heteroatoms. The molecular weight excluding hydrogens is 276 g/mol. The van der Waals surface area contributed by atoms with Crippen molar-refractivity contribution in [3.05, 3.63) is 59.2 Å². The fourth-order valence-corrected chi connectivity index (χ4v) is 2.20. The molecule has 0 amide bonds.